The summed E-state index contributed by atoms with van der Waals surface area (Å²) >= 11 is 7.86. The molecule has 2 aromatic heterocycles. The molecule has 0 aliphatic heterocycles. The van der Waals surface area contributed by atoms with Crippen molar-refractivity contribution in [1.82, 2.24) is 9.55 Å². The third kappa shape index (κ3) is 5.72. The average molecular weight is 610 g/mol. The molecule has 1 amide bonds. The summed E-state index contributed by atoms with van der Waals surface area (Å²) in [6.07, 6.45) is 4.73. The van der Waals surface area contributed by atoms with Crippen molar-refractivity contribution in [2.45, 2.75) is 71.3 Å². The summed E-state index contributed by atoms with van der Waals surface area (Å²) in [7, 11) is 3.28. The van der Waals surface area contributed by atoms with E-state index < -0.39 is 5.97 Å². The van der Waals surface area contributed by atoms with Gasteiger partial charge in [-0.15, -0.1) is 11.3 Å². The number of aromatic nitrogens is 2. The van der Waals surface area contributed by atoms with Gasteiger partial charge in [-0.1, -0.05) is 30.2 Å². The van der Waals surface area contributed by atoms with Gasteiger partial charge in [0.15, 0.2) is 5.13 Å². The Hall–Kier alpha value is -3.56. The molecule has 4 aromatic rings. The fourth-order valence-electron chi connectivity index (χ4n) is 6.24. The van der Waals surface area contributed by atoms with Gasteiger partial charge in [-0.05, 0) is 81.5 Å². The van der Waals surface area contributed by atoms with Gasteiger partial charge >= 0.3 is 5.97 Å². The molecule has 0 spiro atoms. The van der Waals surface area contributed by atoms with Crippen molar-refractivity contribution < 1.29 is 24.2 Å². The van der Waals surface area contributed by atoms with E-state index in [9.17, 15) is 14.7 Å². The Balaban J connectivity index is 1.37. The molecule has 1 fully saturated rings. The summed E-state index contributed by atoms with van der Waals surface area (Å²) < 4.78 is 12.7. The van der Waals surface area contributed by atoms with Crippen LogP contribution in [0.5, 0.6) is 11.5 Å². The van der Waals surface area contributed by atoms with Crippen LogP contribution < -0.4 is 14.8 Å². The lowest BCUT2D eigenvalue weighted by Crippen LogP contribution is -2.20. The summed E-state index contributed by atoms with van der Waals surface area (Å²) in [4.78, 5) is 31.3. The van der Waals surface area contributed by atoms with Gasteiger partial charge in [0.05, 0.1) is 24.9 Å². The zero-order chi connectivity index (χ0) is 30.1. The van der Waals surface area contributed by atoms with E-state index in [1.54, 1.807) is 18.8 Å². The van der Waals surface area contributed by atoms with Crippen molar-refractivity contribution in [2.24, 2.45) is 0 Å². The van der Waals surface area contributed by atoms with E-state index in [2.05, 4.69) is 12.2 Å². The number of aryl methyl sites for hydroxylation is 3. The van der Waals surface area contributed by atoms with Gasteiger partial charge < -0.3 is 19.1 Å². The third-order valence-electron chi connectivity index (χ3n) is 8.31. The molecule has 10 heteroatoms. The molecule has 0 bridgehead atoms. The van der Waals surface area contributed by atoms with E-state index in [1.807, 2.05) is 44.2 Å². The number of carbonyl (C=O) groups excluding carboxylic acids is 1. The molecular formula is C32H36ClN3O5S. The van der Waals surface area contributed by atoms with Crippen molar-refractivity contribution in [3.05, 3.63) is 68.3 Å². The Bertz CT molecular complexity index is 1650. The first kappa shape index (κ1) is 29.9. The molecule has 2 heterocycles. The SMILES string of the molecule is CCc1nc(NC(=O)c2c(C)c3cc(C)ccc3n2CC(=O)O)sc1C1CCC(c2cc(OC)c(Cl)cc2OC)CC1. The minimum atomic E-state index is -1.00. The zero-order valence-corrected chi connectivity index (χ0v) is 26.1. The number of nitrogens with zero attached hydrogens (tertiary/aromatic N) is 2. The maximum atomic E-state index is 13.6. The third-order valence-corrected chi connectivity index (χ3v) is 9.78. The first-order valence-electron chi connectivity index (χ1n) is 14.2. The number of hydrogen-bond acceptors (Lipinski definition) is 6. The Morgan fingerprint density at radius 3 is 2.40 bits per heavy atom. The molecule has 1 saturated carbocycles. The van der Waals surface area contributed by atoms with Crippen molar-refractivity contribution in [1.29, 1.82) is 0 Å². The maximum absolute atomic E-state index is 13.6. The lowest BCUT2D eigenvalue weighted by atomic mass is 9.77. The van der Waals surface area contributed by atoms with Gasteiger partial charge in [-0.25, -0.2) is 4.98 Å². The number of aliphatic carboxylic acids is 1. The Labute approximate surface area is 254 Å². The number of ether oxygens (including phenoxy) is 2. The first-order valence-corrected chi connectivity index (χ1v) is 15.4. The number of benzene rings is 2. The highest BCUT2D eigenvalue weighted by molar-refractivity contribution is 7.16. The molecule has 222 valence electrons. The van der Waals surface area contributed by atoms with Crippen LogP contribution in [-0.4, -0.2) is 40.8 Å². The Morgan fingerprint density at radius 2 is 1.76 bits per heavy atom. The van der Waals surface area contributed by atoms with Crippen molar-refractivity contribution >= 4 is 50.8 Å². The number of carboxylic acid groups (broad SMARTS) is 1. The van der Waals surface area contributed by atoms with Crippen LogP contribution in [0.15, 0.2) is 30.3 Å². The van der Waals surface area contributed by atoms with Gasteiger partial charge in [0, 0.05) is 27.4 Å². The van der Waals surface area contributed by atoms with E-state index in [4.69, 9.17) is 26.1 Å². The minimum absolute atomic E-state index is 0.299. The van der Waals surface area contributed by atoms with E-state index in [-0.39, 0.29) is 12.5 Å². The molecular weight excluding hydrogens is 574 g/mol. The van der Waals surface area contributed by atoms with E-state index >= 15 is 0 Å². The normalized spacial score (nSPS) is 16.9. The summed E-state index contributed by atoms with van der Waals surface area (Å²) in [6.45, 7) is 5.63. The molecule has 1 aliphatic rings. The number of carbonyl (C=O) groups is 2. The van der Waals surface area contributed by atoms with Crippen LogP contribution in [0.2, 0.25) is 5.02 Å². The molecule has 0 atom stereocenters. The standard InChI is InChI=1S/C32H36ClN3O5S/c1-6-24-30(20-10-8-19(9-11-20)22-14-27(41-5)23(33)15-26(22)40-4)42-32(34-24)35-31(39)29-18(3)21-13-17(2)7-12-25(21)36(29)16-28(37)38/h7,12-15,19-20H,6,8-11,16H2,1-5H3,(H,37,38)(H,34,35,39). The number of hydrogen-bond donors (Lipinski definition) is 2. The van der Waals surface area contributed by atoms with Crippen LogP contribution in [0.3, 0.4) is 0 Å². The first-order chi connectivity index (χ1) is 20.1. The minimum Gasteiger partial charge on any atom is -0.496 e. The van der Waals surface area contributed by atoms with Crippen LogP contribution >= 0.6 is 22.9 Å². The molecule has 0 radical (unpaired) electrons. The van der Waals surface area contributed by atoms with Crippen molar-refractivity contribution in [3.8, 4) is 11.5 Å². The topological polar surface area (TPSA) is 103 Å². The second-order valence-electron chi connectivity index (χ2n) is 10.9. The van der Waals surface area contributed by atoms with Gasteiger partial charge in [0.25, 0.3) is 5.91 Å². The quantitative estimate of drug-likeness (QED) is 0.201. The summed E-state index contributed by atoms with van der Waals surface area (Å²) in [6, 6.07) is 9.62. The number of halogens is 1. The number of anilines is 1. The van der Waals surface area contributed by atoms with Gasteiger partial charge in [-0.3, -0.25) is 14.9 Å². The number of amides is 1. The zero-order valence-electron chi connectivity index (χ0n) is 24.5. The lowest BCUT2D eigenvalue weighted by molar-refractivity contribution is -0.137. The number of rotatable bonds is 9. The van der Waals surface area contributed by atoms with Gasteiger partial charge in [-0.2, -0.15) is 0 Å². The number of methoxy groups -OCH3 is 2. The maximum Gasteiger partial charge on any atom is 0.323 e. The number of fused-ring (bicyclic) bond motifs is 1. The van der Waals surface area contributed by atoms with E-state index in [1.165, 1.54) is 16.2 Å². The predicted octanol–water partition coefficient (Wildman–Crippen LogP) is 7.73. The van der Waals surface area contributed by atoms with Gasteiger partial charge in [0.2, 0.25) is 0 Å². The Morgan fingerprint density at radius 1 is 1.07 bits per heavy atom. The number of carboxylic acids is 1. The predicted molar refractivity (Wildman–Crippen MR) is 167 cm³/mol. The number of thiazole rings is 1. The van der Waals surface area contributed by atoms with E-state index in [0.717, 1.165) is 71.1 Å². The monoisotopic (exact) mass is 609 g/mol. The second-order valence-corrected chi connectivity index (χ2v) is 12.3. The fourth-order valence-corrected chi connectivity index (χ4v) is 7.69. The summed E-state index contributed by atoms with van der Waals surface area (Å²) in [5.74, 6) is 0.769. The highest BCUT2D eigenvalue weighted by Crippen LogP contribution is 2.47. The second kappa shape index (κ2) is 12.4. The molecule has 8 nitrogen and oxygen atoms in total. The molecule has 5 rings (SSSR count). The highest BCUT2D eigenvalue weighted by Gasteiger charge is 2.30. The smallest absolute Gasteiger partial charge is 0.323 e. The van der Waals surface area contributed by atoms with E-state index in [0.29, 0.717) is 33.4 Å². The summed E-state index contributed by atoms with van der Waals surface area (Å²) in [5, 5.41) is 14.5. The average Bonchev–Trinajstić information content (AvgIpc) is 3.50. The fraction of sp³-hybridized carbons (Fsp3) is 0.406. The van der Waals surface area contributed by atoms with Crippen molar-refractivity contribution in [3.63, 3.8) is 0 Å². The largest absolute Gasteiger partial charge is 0.496 e. The molecule has 0 saturated heterocycles. The number of nitrogens with one attached hydrogen (secondary N) is 1. The molecule has 1 aliphatic carbocycles. The van der Waals surface area contributed by atoms with Gasteiger partial charge in [0.1, 0.15) is 23.7 Å². The summed E-state index contributed by atoms with van der Waals surface area (Å²) in [5.41, 5.74) is 5.00. The van der Waals surface area contributed by atoms with Crippen molar-refractivity contribution in [2.75, 3.05) is 19.5 Å². The van der Waals surface area contributed by atoms with Crippen LogP contribution in [0.1, 0.15) is 82.2 Å². The molecule has 2 N–H and O–H groups in total. The molecule has 42 heavy (non-hydrogen) atoms. The molecule has 2 aromatic carbocycles. The Kier molecular flexibility index (Phi) is 8.80. The van der Waals surface area contributed by atoms with Crippen LogP contribution in [-0.2, 0) is 17.8 Å². The van der Waals surface area contributed by atoms with Crippen LogP contribution in [0, 0.1) is 13.8 Å². The lowest BCUT2D eigenvalue weighted by Gasteiger charge is -2.29. The highest BCUT2D eigenvalue weighted by atomic mass is 35.5. The van der Waals surface area contributed by atoms with Crippen LogP contribution in [0.25, 0.3) is 10.9 Å². The van der Waals surface area contributed by atoms with Crippen LogP contribution in [0.4, 0.5) is 5.13 Å². The molecule has 0 unspecified atom stereocenters.